The van der Waals surface area contributed by atoms with Crippen molar-refractivity contribution in [2.75, 3.05) is 5.75 Å². The fourth-order valence-electron chi connectivity index (χ4n) is 0.800. The van der Waals surface area contributed by atoms with Crippen LogP contribution >= 0.6 is 12.6 Å². The zero-order valence-corrected chi connectivity index (χ0v) is 7.33. The number of hydrogen-bond donors (Lipinski definition) is 1. The highest BCUT2D eigenvalue weighted by Gasteiger charge is 1.90. The summed E-state index contributed by atoms with van der Waals surface area (Å²) in [5.74, 6) is 0.699. The van der Waals surface area contributed by atoms with E-state index in [9.17, 15) is 0 Å². The molecule has 0 radical (unpaired) electrons. The summed E-state index contributed by atoms with van der Waals surface area (Å²) in [4.78, 5) is 3.85. The molecule has 1 aromatic rings. The summed E-state index contributed by atoms with van der Waals surface area (Å²) in [6.07, 6.45) is 5.45. The predicted molar refractivity (Wildman–Crippen MR) is 51.8 cm³/mol. The van der Waals surface area contributed by atoms with E-state index in [1.54, 1.807) is 12.3 Å². The van der Waals surface area contributed by atoms with Gasteiger partial charge in [-0.05, 0) is 17.7 Å². The topological polar surface area (TPSA) is 36.7 Å². The molecule has 2 nitrogen and oxygen atoms in total. The van der Waals surface area contributed by atoms with Gasteiger partial charge >= 0.3 is 0 Å². The number of rotatable bonds is 2. The molecular formula is C9H8N2S. The van der Waals surface area contributed by atoms with Crippen molar-refractivity contribution in [3.63, 3.8) is 0 Å². The van der Waals surface area contributed by atoms with Crippen LogP contribution in [0.2, 0.25) is 0 Å². The largest absolute Gasteiger partial charge is 0.246 e. The van der Waals surface area contributed by atoms with Crippen molar-refractivity contribution in [2.45, 2.75) is 0 Å². The third kappa shape index (κ3) is 2.40. The molecule has 1 rings (SSSR count). The molecule has 60 valence electrons. The van der Waals surface area contributed by atoms with E-state index in [1.807, 2.05) is 24.3 Å². The van der Waals surface area contributed by atoms with Gasteiger partial charge in [-0.25, -0.2) is 4.98 Å². The van der Waals surface area contributed by atoms with Crippen LogP contribution in [0.25, 0.3) is 6.08 Å². The van der Waals surface area contributed by atoms with Gasteiger partial charge in [-0.3, -0.25) is 0 Å². The average Bonchev–Trinajstić information content (AvgIpc) is 2.15. The van der Waals surface area contributed by atoms with Crippen molar-refractivity contribution in [2.24, 2.45) is 0 Å². The zero-order chi connectivity index (χ0) is 8.81. The van der Waals surface area contributed by atoms with Gasteiger partial charge in [0.2, 0.25) is 0 Å². The van der Waals surface area contributed by atoms with Gasteiger partial charge in [-0.1, -0.05) is 12.2 Å². The van der Waals surface area contributed by atoms with Crippen LogP contribution in [0.5, 0.6) is 0 Å². The van der Waals surface area contributed by atoms with Gasteiger partial charge < -0.3 is 0 Å². The van der Waals surface area contributed by atoms with Crippen LogP contribution < -0.4 is 0 Å². The molecule has 0 fully saturated rings. The Kier molecular flexibility index (Phi) is 3.36. The van der Waals surface area contributed by atoms with E-state index in [0.29, 0.717) is 11.4 Å². The Morgan fingerprint density at radius 3 is 3.17 bits per heavy atom. The lowest BCUT2D eigenvalue weighted by molar-refractivity contribution is 1.26. The normalized spacial score (nSPS) is 10.0. The minimum Gasteiger partial charge on any atom is -0.246 e. The van der Waals surface area contributed by atoms with E-state index in [0.717, 1.165) is 5.56 Å². The van der Waals surface area contributed by atoms with Crippen LogP contribution in [0.3, 0.4) is 0 Å². The van der Waals surface area contributed by atoms with Gasteiger partial charge in [0, 0.05) is 11.9 Å². The molecule has 0 spiro atoms. The molecule has 0 aliphatic carbocycles. The highest BCUT2D eigenvalue weighted by molar-refractivity contribution is 7.80. The predicted octanol–water partition coefficient (Wildman–Crippen LogP) is 1.90. The van der Waals surface area contributed by atoms with Crippen molar-refractivity contribution in [3.8, 4) is 6.07 Å². The number of nitriles is 1. The average molecular weight is 176 g/mol. The Morgan fingerprint density at radius 2 is 2.50 bits per heavy atom. The summed E-state index contributed by atoms with van der Waals surface area (Å²) in [6, 6.07) is 5.56. The first-order valence-corrected chi connectivity index (χ1v) is 4.13. The van der Waals surface area contributed by atoms with E-state index in [-0.39, 0.29) is 0 Å². The number of thiol groups is 1. The van der Waals surface area contributed by atoms with Crippen LogP contribution in [0.4, 0.5) is 0 Å². The van der Waals surface area contributed by atoms with E-state index in [4.69, 9.17) is 5.26 Å². The van der Waals surface area contributed by atoms with Crippen LogP contribution in [-0.4, -0.2) is 10.7 Å². The van der Waals surface area contributed by atoms with Crippen molar-refractivity contribution < 1.29 is 0 Å². The Bertz CT molecular complexity index is 326. The number of pyridine rings is 1. The van der Waals surface area contributed by atoms with Crippen molar-refractivity contribution in [3.05, 3.63) is 35.7 Å². The molecule has 1 aromatic heterocycles. The van der Waals surface area contributed by atoms with E-state index < -0.39 is 0 Å². The van der Waals surface area contributed by atoms with Crippen LogP contribution in [-0.2, 0) is 0 Å². The highest BCUT2D eigenvalue weighted by atomic mass is 32.1. The molecule has 12 heavy (non-hydrogen) atoms. The van der Waals surface area contributed by atoms with Gasteiger partial charge in [0.25, 0.3) is 0 Å². The summed E-state index contributed by atoms with van der Waals surface area (Å²) >= 11 is 4.03. The maximum Gasteiger partial charge on any atom is 0.141 e. The quantitative estimate of drug-likeness (QED) is 0.699. The molecule has 0 unspecified atom stereocenters. The Balaban J connectivity index is 2.88. The third-order valence-corrected chi connectivity index (χ3v) is 1.53. The van der Waals surface area contributed by atoms with Gasteiger partial charge in [0.05, 0.1) is 0 Å². The monoisotopic (exact) mass is 176 g/mol. The summed E-state index contributed by atoms with van der Waals surface area (Å²) in [6.45, 7) is 0. The number of hydrogen-bond acceptors (Lipinski definition) is 3. The lowest BCUT2D eigenvalue weighted by atomic mass is 10.2. The molecule has 0 bridgehead atoms. The molecule has 3 heteroatoms. The fourth-order valence-corrected chi connectivity index (χ4v) is 0.906. The smallest absolute Gasteiger partial charge is 0.141 e. The van der Waals surface area contributed by atoms with Crippen LogP contribution in [0, 0.1) is 11.3 Å². The molecule has 0 aliphatic rings. The first-order valence-electron chi connectivity index (χ1n) is 3.50. The molecule has 0 saturated carbocycles. The second-order valence-electron chi connectivity index (χ2n) is 2.17. The molecule has 0 atom stereocenters. The van der Waals surface area contributed by atoms with E-state index in [1.165, 1.54) is 0 Å². The summed E-state index contributed by atoms with van der Waals surface area (Å²) in [5, 5.41) is 8.54. The first-order chi connectivity index (χ1) is 5.86. The van der Waals surface area contributed by atoms with E-state index >= 15 is 0 Å². The molecule has 0 aromatic carbocycles. The third-order valence-electron chi connectivity index (χ3n) is 1.31. The minimum atomic E-state index is 0.441. The molecule has 1 heterocycles. The highest BCUT2D eigenvalue weighted by Crippen LogP contribution is 2.02. The van der Waals surface area contributed by atoms with Gasteiger partial charge in [0.15, 0.2) is 0 Å². The second kappa shape index (κ2) is 4.58. The molecular weight excluding hydrogens is 168 g/mol. The van der Waals surface area contributed by atoms with Gasteiger partial charge in [-0.15, -0.1) is 0 Å². The molecule has 0 aliphatic heterocycles. The Morgan fingerprint density at radius 1 is 1.67 bits per heavy atom. The summed E-state index contributed by atoms with van der Waals surface area (Å²) in [5.41, 5.74) is 1.42. The van der Waals surface area contributed by atoms with Crippen LogP contribution in [0.1, 0.15) is 11.3 Å². The molecule has 0 saturated heterocycles. The zero-order valence-electron chi connectivity index (χ0n) is 6.44. The Hall–Kier alpha value is -1.27. The lowest BCUT2D eigenvalue weighted by Gasteiger charge is -1.91. The fraction of sp³-hybridized carbons (Fsp3) is 0.111. The maximum atomic E-state index is 8.54. The van der Waals surface area contributed by atoms with Crippen molar-refractivity contribution in [1.82, 2.24) is 4.98 Å². The summed E-state index contributed by atoms with van der Waals surface area (Å²) in [7, 11) is 0. The van der Waals surface area contributed by atoms with Gasteiger partial charge in [0.1, 0.15) is 11.8 Å². The maximum absolute atomic E-state index is 8.54. The van der Waals surface area contributed by atoms with Crippen molar-refractivity contribution >= 4 is 18.7 Å². The Labute approximate surface area is 77.0 Å². The van der Waals surface area contributed by atoms with Gasteiger partial charge in [-0.2, -0.15) is 17.9 Å². The minimum absolute atomic E-state index is 0.441. The molecule has 0 N–H and O–H groups in total. The standard InChI is InChI=1S/C9H8N2S/c10-7-9-6-8(2-1-5-12)3-4-11-9/h1-4,6,12H,5H2. The van der Waals surface area contributed by atoms with Crippen molar-refractivity contribution in [1.29, 1.82) is 5.26 Å². The lowest BCUT2D eigenvalue weighted by Crippen LogP contribution is -1.81. The first kappa shape index (κ1) is 8.82. The van der Waals surface area contributed by atoms with Crippen LogP contribution in [0.15, 0.2) is 24.4 Å². The summed E-state index contributed by atoms with van der Waals surface area (Å²) < 4.78 is 0. The number of nitrogens with zero attached hydrogens (tertiary/aromatic N) is 2. The van der Waals surface area contributed by atoms with E-state index in [2.05, 4.69) is 17.6 Å². The number of aromatic nitrogens is 1. The molecule has 0 amide bonds. The SMILES string of the molecule is N#Cc1cc(C=CCS)ccn1. The second-order valence-corrected chi connectivity index (χ2v) is 2.54.